The summed E-state index contributed by atoms with van der Waals surface area (Å²) in [6.07, 6.45) is 1.21. The number of benzene rings is 1. The number of carbonyl (C=O) groups is 1. The van der Waals surface area contributed by atoms with Crippen molar-refractivity contribution in [1.29, 1.82) is 0 Å². The van der Waals surface area contributed by atoms with Crippen molar-refractivity contribution in [2.75, 3.05) is 26.2 Å². The Morgan fingerprint density at radius 2 is 2.25 bits per heavy atom. The maximum absolute atomic E-state index is 12.0. The van der Waals surface area contributed by atoms with Gasteiger partial charge in [-0.1, -0.05) is 18.2 Å². The molecule has 2 N–H and O–H groups in total. The molecule has 20 heavy (non-hydrogen) atoms. The summed E-state index contributed by atoms with van der Waals surface area (Å²) in [5.41, 5.74) is 0.783. The minimum atomic E-state index is -0.00420. The molecule has 5 heteroatoms. The van der Waals surface area contributed by atoms with Crippen molar-refractivity contribution in [3.63, 3.8) is 0 Å². The van der Waals surface area contributed by atoms with Gasteiger partial charge in [-0.15, -0.1) is 0 Å². The second-order valence-corrected chi connectivity index (χ2v) is 5.51. The molecular weight excluding hydrogens is 256 g/mol. The van der Waals surface area contributed by atoms with Crippen LogP contribution in [0.1, 0.15) is 12.0 Å². The molecule has 1 aromatic carbocycles. The van der Waals surface area contributed by atoms with Crippen molar-refractivity contribution < 1.29 is 14.6 Å². The smallest absolute Gasteiger partial charge is 0.248 e. The van der Waals surface area contributed by atoms with E-state index in [2.05, 4.69) is 5.32 Å². The highest BCUT2D eigenvalue weighted by atomic mass is 16.5. The molecule has 1 aromatic rings. The molecule has 2 fully saturated rings. The molecular formula is C15H20N2O3. The van der Waals surface area contributed by atoms with Gasteiger partial charge in [-0.25, -0.2) is 0 Å². The number of aromatic hydroxyl groups is 1. The average Bonchev–Trinajstić information content (AvgIpc) is 2.98. The number of rotatable bonds is 3. The Kier molecular flexibility index (Phi) is 3.89. The summed E-state index contributed by atoms with van der Waals surface area (Å²) >= 11 is 0. The highest BCUT2D eigenvalue weighted by Gasteiger charge is 2.33. The Labute approximate surface area is 118 Å². The van der Waals surface area contributed by atoms with Crippen LogP contribution in [0.25, 0.3) is 0 Å². The first-order chi connectivity index (χ1) is 9.74. The van der Waals surface area contributed by atoms with Crippen LogP contribution in [0.3, 0.4) is 0 Å². The van der Waals surface area contributed by atoms with Gasteiger partial charge in [0.1, 0.15) is 12.4 Å². The molecule has 0 saturated carbocycles. The van der Waals surface area contributed by atoms with Crippen molar-refractivity contribution in [3.8, 4) is 5.75 Å². The first-order valence-electron chi connectivity index (χ1n) is 7.11. The van der Waals surface area contributed by atoms with Crippen molar-refractivity contribution in [1.82, 2.24) is 10.2 Å². The molecule has 3 rings (SSSR count). The van der Waals surface area contributed by atoms with Crippen molar-refractivity contribution in [2.45, 2.75) is 19.1 Å². The molecule has 2 aliphatic heterocycles. The third-order valence-electron chi connectivity index (χ3n) is 4.15. The number of carbonyl (C=O) groups excluding carboxylic acids is 1. The minimum Gasteiger partial charge on any atom is -0.508 e. The predicted octanol–water partition coefficient (Wildman–Crippen LogP) is 0.729. The molecule has 108 valence electrons. The Morgan fingerprint density at radius 3 is 3.00 bits per heavy atom. The van der Waals surface area contributed by atoms with Gasteiger partial charge in [0.2, 0.25) is 5.91 Å². The molecule has 0 spiro atoms. The van der Waals surface area contributed by atoms with Crippen molar-refractivity contribution in [3.05, 3.63) is 29.8 Å². The molecule has 0 radical (unpaired) electrons. The number of phenolic OH excluding ortho intramolecular Hbond substituents is 1. The van der Waals surface area contributed by atoms with E-state index in [4.69, 9.17) is 4.74 Å². The zero-order chi connectivity index (χ0) is 13.9. The van der Waals surface area contributed by atoms with Crippen LogP contribution in [0.4, 0.5) is 0 Å². The fourth-order valence-corrected chi connectivity index (χ4v) is 2.92. The molecule has 0 aliphatic carbocycles. The quantitative estimate of drug-likeness (QED) is 0.854. The topological polar surface area (TPSA) is 61.8 Å². The van der Waals surface area contributed by atoms with E-state index in [0.29, 0.717) is 19.0 Å². The number of morpholine rings is 1. The lowest BCUT2D eigenvalue weighted by Gasteiger charge is -2.35. The van der Waals surface area contributed by atoms with Gasteiger partial charge < -0.3 is 20.1 Å². The summed E-state index contributed by atoms with van der Waals surface area (Å²) < 4.78 is 5.68. The Bertz CT molecular complexity index is 486. The second kappa shape index (κ2) is 5.81. The molecule has 0 aromatic heterocycles. The van der Waals surface area contributed by atoms with Gasteiger partial charge in [-0.3, -0.25) is 4.79 Å². The standard InChI is InChI=1S/C15H20N2O3/c18-13-4-2-1-3-12(13)8-17-9-14(20-10-15(17)19)11-5-6-16-7-11/h1-4,11,14,16,18H,5-10H2. The van der Waals surface area contributed by atoms with Gasteiger partial charge in [0, 0.05) is 31.1 Å². The van der Waals surface area contributed by atoms with Crippen molar-refractivity contribution >= 4 is 5.91 Å². The largest absolute Gasteiger partial charge is 0.508 e. The zero-order valence-corrected chi connectivity index (χ0v) is 11.4. The lowest BCUT2D eigenvalue weighted by Crippen LogP contribution is -2.49. The first kappa shape index (κ1) is 13.4. The summed E-state index contributed by atoms with van der Waals surface area (Å²) in [7, 11) is 0. The Hall–Kier alpha value is -1.59. The van der Waals surface area contributed by atoms with Crippen LogP contribution >= 0.6 is 0 Å². The number of nitrogens with one attached hydrogen (secondary N) is 1. The number of nitrogens with zero attached hydrogens (tertiary/aromatic N) is 1. The van der Waals surface area contributed by atoms with Crippen LogP contribution in [-0.2, 0) is 16.1 Å². The van der Waals surface area contributed by atoms with Gasteiger partial charge in [0.05, 0.1) is 6.10 Å². The van der Waals surface area contributed by atoms with E-state index in [9.17, 15) is 9.90 Å². The van der Waals surface area contributed by atoms with Crippen LogP contribution < -0.4 is 5.32 Å². The highest BCUT2D eigenvalue weighted by Crippen LogP contribution is 2.23. The third-order valence-corrected chi connectivity index (χ3v) is 4.15. The van der Waals surface area contributed by atoms with E-state index in [0.717, 1.165) is 25.1 Å². The fraction of sp³-hybridized carbons (Fsp3) is 0.533. The van der Waals surface area contributed by atoms with Gasteiger partial charge in [0.15, 0.2) is 0 Å². The molecule has 5 nitrogen and oxygen atoms in total. The Morgan fingerprint density at radius 1 is 1.40 bits per heavy atom. The minimum absolute atomic E-state index is 0.00420. The number of hydrogen-bond acceptors (Lipinski definition) is 4. The van der Waals surface area contributed by atoms with E-state index in [-0.39, 0.29) is 24.4 Å². The monoisotopic (exact) mass is 276 g/mol. The molecule has 2 saturated heterocycles. The number of phenols is 1. The SMILES string of the molecule is O=C1COC(C2CCNC2)CN1Cc1ccccc1O. The summed E-state index contributed by atoms with van der Waals surface area (Å²) in [6.45, 7) is 3.20. The number of amides is 1. The van der Waals surface area contributed by atoms with E-state index in [1.807, 2.05) is 12.1 Å². The predicted molar refractivity (Wildman–Crippen MR) is 74.2 cm³/mol. The Balaban J connectivity index is 1.68. The van der Waals surface area contributed by atoms with E-state index in [1.165, 1.54) is 0 Å². The van der Waals surface area contributed by atoms with Crippen LogP contribution in [0, 0.1) is 5.92 Å². The van der Waals surface area contributed by atoms with Gasteiger partial charge in [-0.2, -0.15) is 0 Å². The van der Waals surface area contributed by atoms with Crippen LogP contribution in [-0.4, -0.2) is 48.3 Å². The van der Waals surface area contributed by atoms with Gasteiger partial charge in [0.25, 0.3) is 0 Å². The number of ether oxygens (including phenoxy) is 1. The molecule has 2 heterocycles. The normalized spacial score (nSPS) is 27.0. The van der Waals surface area contributed by atoms with E-state index < -0.39 is 0 Å². The summed E-state index contributed by atoms with van der Waals surface area (Å²) in [6, 6.07) is 7.16. The summed E-state index contributed by atoms with van der Waals surface area (Å²) in [5.74, 6) is 0.719. The van der Waals surface area contributed by atoms with E-state index in [1.54, 1.807) is 17.0 Å². The zero-order valence-electron chi connectivity index (χ0n) is 11.4. The fourth-order valence-electron chi connectivity index (χ4n) is 2.92. The van der Waals surface area contributed by atoms with Crippen LogP contribution in [0.5, 0.6) is 5.75 Å². The molecule has 2 atom stereocenters. The van der Waals surface area contributed by atoms with Crippen molar-refractivity contribution in [2.24, 2.45) is 5.92 Å². The van der Waals surface area contributed by atoms with Crippen LogP contribution in [0.15, 0.2) is 24.3 Å². The number of para-hydroxylation sites is 1. The maximum Gasteiger partial charge on any atom is 0.248 e. The third kappa shape index (κ3) is 2.78. The van der Waals surface area contributed by atoms with Gasteiger partial charge >= 0.3 is 0 Å². The van der Waals surface area contributed by atoms with Gasteiger partial charge in [-0.05, 0) is 19.0 Å². The molecule has 1 amide bonds. The van der Waals surface area contributed by atoms with Crippen LogP contribution in [0.2, 0.25) is 0 Å². The number of hydrogen-bond donors (Lipinski definition) is 2. The van der Waals surface area contributed by atoms with E-state index >= 15 is 0 Å². The second-order valence-electron chi connectivity index (χ2n) is 5.51. The lowest BCUT2D eigenvalue weighted by molar-refractivity contribution is -0.152. The first-order valence-corrected chi connectivity index (χ1v) is 7.11. The molecule has 2 unspecified atom stereocenters. The average molecular weight is 276 g/mol. The lowest BCUT2D eigenvalue weighted by atomic mass is 9.99. The molecule has 0 bridgehead atoms. The molecule has 2 aliphatic rings. The summed E-state index contributed by atoms with van der Waals surface area (Å²) in [4.78, 5) is 13.8. The summed E-state index contributed by atoms with van der Waals surface area (Å²) in [5, 5.41) is 13.2. The maximum atomic E-state index is 12.0. The highest BCUT2D eigenvalue weighted by molar-refractivity contribution is 5.78.